The fourth-order valence-corrected chi connectivity index (χ4v) is 3.10. The Balaban J connectivity index is 1.83. The van der Waals surface area contributed by atoms with Gasteiger partial charge in [0.15, 0.2) is 0 Å². The van der Waals surface area contributed by atoms with Crippen molar-refractivity contribution in [2.45, 2.75) is 57.6 Å². The van der Waals surface area contributed by atoms with Crippen molar-refractivity contribution in [2.75, 3.05) is 0 Å². The van der Waals surface area contributed by atoms with Crippen LogP contribution >= 0.6 is 0 Å². The number of rotatable bonds is 2. The van der Waals surface area contributed by atoms with E-state index in [0.29, 0.717) is 17.5 Å². The molecule has 1 aliphatic carbocycles. The Hall–Kier alpha value is -1.51. The van der Waals surface area contributed by atoms with Crippen LogP contribution in [-0.4, -0.2) is 18.1 Å². The van der Waals surface area contributed by atoms with Crippen molar-refractivity contribution in [1.82, 2.24) is 5.32 Å². The molecule has 102 valence electrons. The van der Waals surface area contributed by atoms with E-state index in [0.717, 1.165) is 24.2 Å². The third-order valence-electron chi connectivity index (χ3n) is 4.48. The minimum absolute atomic E-state index is 0.0186. The van der Waals surface area contributed by atoms with Crippen molar-refractivity contribution in [2.24, 2.45) is 0 Å². The maximum Gasteiger partial charge on any atom is 0.255 e. The summed E-state index contributed by atoms with van der Waals surface area (Å²) in [6, 6.07) is 6.24. The lowest BCUT2D eigenvalue weighted by Crippen LogP contribution is -2.32. The molecule has 2 atom stereocenters. The first kappa shape index (κ1) is 12.5. The van der Waals surface area contributed by atoms with Gasteiger partial charge < -0.3 is 10.1 Å². The third-order valence-corrected chi connectivity index (χ3v) is 4.48. The first-order valence-electron chi connectivity index (χ1n) is 7.27. The van der Waals surface area contributed by atoms with E-state index in [-0.39, 0.29) is 12.0 Å². The molecule has 2 unspecified atom stereocenters. The van der Waals surface area contributed by atoms with Gasteiger partial charge in [0, 0.05) is 17.5 Å². The van der Waals surface area contributed by atoms with Gasteiger partial charge in [-0.2, -0.15) is 0 Å². The number of amides is 1. The van der Waals surface area contributed by atoms with Crippen LogP contribution in [-0.2, 0) is 0 Å². The molecule has 3 rings (SSSR count). The summed E-state index contributed by atoms with van der Waals surface area (Å²) < 4.78 is 5.87. The molecule has 3 nitrogen and oxygen atoms in total. The highest BCUT2D eigenvalue weighted by Gasteiger charge is 2.31. The smallest absolute Gasteiger partial charge is 0.255 e. The molecule has 1 saturated carbocycles. The molecule has 3 heteroatoms. The Labute approximate surface area is 114 Å². The molecule has 0 saturated heterocycles. The normalized spacial score (nSPS) is 26.0. The van der Waals surface area contributed by atoms with Gasteiger partial charge in [0.2, 0.25) is 0 Å². The second kappa shape index (κ2) is 4.87. The lowest BCUT2D eigenvalue weighted by Gasteiger charge is -2.14. The Morgan fingerprint density at radius 1 is 1.26 bits per heavy atom. The second-order valence-electron chi connectivity index (χ2n) is 5.79. The van der Waals surface area contributed by atoms with Gasteiger partial charge in [-0.05, 0) is 25.8 Å². The Morgan fingerprint density at radius 3 is 2.74 bits per heavy atom. The van der Waals surface area contributed by atoms with Crippen molar-refractivity contribution in [3.63, 3.8) is 0 Å². The fraction of sp³-hybridized carbons (Fsp3) is 0.562. The standard InChI is InChI=1S/C16H21NO2/c1-10-11(2)19-15-13(10)8-5-9-14(15)16(18)17-12-6-3-4-7-12/h5,8-12H,3-4,6-7H2,1-2H3,(H,17,18). The van der Waals surface area contributed by atoms with Crippen LogP contribution in [0.25, 0.3) is 0 Å². The lowest BCUT2D eigenvalue weighted by molar-refractivity contribution is 0.0933. The molecule has 1 heterocycles. The van der Waals surface area contributed by atoms with Gasteiger partial charge in [-0.25, -0.2) is 0 Å². The SMILES string of the molecule is CC1Oc2c(C(=O)NC3CCCC3)cccc2C1C. The van der Waals surface area contributed by atoms with E-state index < -0.39 is 0 Å². The van der Waals surface area contributed by atoms with Gasteiger partial charge in [-0.15, -0.1) is 0 Å². The summed E-state index contributed by atoms with van der Waals surface area (Å²) in [7, 11) is 0. The number of carbonyl (C=O) groups excluding carboxylic acids is 1. The molecule has 1 amide bonds. The highest BCUT2D eigenvalue weighted by molar-refractivity contribution is 5.97. The van der Waals surface area contributed by atoms with Crippen molar-refractivity contribution >= 4 is 5.91 Å². The van der Waals surface area contributed by atoms with Crippen molar-refractivity contribution in [1.29, 1.82) is 0 Å². The number of benzene rings is 1. The molecule has 0 aromatic heterocycles. The number of para-hydroxylation sites is 1. The molecule has 1 fully saturated rings. The summed E-state index contributed by atoms with van der Waals surface area (Å²) in [5.74, 6) is 1.16. The van der Waals surface area contributed by atoms with Crippen LogP contribution in [0.5, 0.6) is 5.75 Å². The van der Waals surface area contributed by atoms with Gasteiger partial charge in [-0.3, -0.25) is 4.79 Å². The first-order valence-corrected chi connectivity index (χ1v) is 7.27. The molecule has 1 N–H and O–H groups in total. The van der Waals surface area contributed by atoms with Gasteiger partial charge in [0.05, 0.1) is 5.56 Å². The molecule has 2 aliphatic rings. The monoisotopic (exact) mass is 259 g/mol. The van der Waals surface area contributed by atoms with Crippen LogP contribution < -0.4 is 10.1 Å². The lowest BCUT2D eigenvalue weighted by atomic mass is 9.96. The molecule has 0 spiro atoms. The fourth-order valence-electron chi connectivity index (χ4n) is 3.10. The molecule has 1 aliphatic heterocycles. The number of nitrogens with one attached hydrogen (secondary N) is 1. The van der Waals surface area contributed by atoms with E-state index in [2.05, 4.69) is 25.2 Å². The number of fused-ring (bicyclic) bond motifs is 1. The largest absolute Gasteiger partial charge is 0.489 e. The van der Waals surface area contributed by atoms with E-state index in [9.17, 15) is 4.79 Å². The number of carbonyl (C=O) groups is 1. The predicted octanol–water partition coefficient (Wildman–Crippen LogP) is 3.24. The number of hydrogen-bond donors (Lipinski definition) is 1. The van der Waals surface area contributed by atoms with Gasteiger partial charge in [0.1, 0.15) is 11.9 Å². The number of hydrogen-bond acceptors (Lipinski definition) is 2. The molecular weight excluding hydrogens is 238 g/mol. The Kier molecular flexibility index (Phi) is 3.21. The van der Waals surface area contributed by atoms with E-state index in [1.54, 1.807) is 0 Å². The summed E-state index contributed by atoms with van der Waals surface area (Å²) in [5, 5.41) is 3.14. The zero-order valence-corrected chi connectivity index (χ0v) is 11.6. The minimum Gasteiger partial charge on any atom is -0.489 e. The maximum atomic E-state index is 12.4. The predicted molar refractivity (Wildman–Crippen MR) is 74.7 cm³/mol. The summed E-state index contributed by atoms with van der Waals surface area (Å²) in [6.45, 7) is 4.21. The average molecular weight is 259 g/mol. The van der Waals surface area contributed by atoms with Crippen LogP contribution in [0, 0.1) is 0 Å². The highest BCUT2D eigenvalue weighted by atomic mass is 16.5. The van der Waals surface area contributed by atoms with E-state index >= 15 is 0 Å². The second-order valence-corrected chi connectivity index (χ2v) is 5.79. The van der Waals surface area contributed by atoms with E-state index in [1.165, 1.54) is 12.8 Å². The topological polar surface area (TPSA) is 38.3 Å². The summed E-state index contributed by atoms with van der Waals surface area (Å²) in [4.78, 5) is 12.4. The first-order chi connectivity index (χ1) is 9.16. The van der Waals surface area contributed by atoms with Crippen LogP contribution in [0.15, 0.2) is 18.2 Å². The van der Waals surface area contributed by atoms with Crippen LogP contribution in [0.3, 0.4) is 0 Å². The molecule has 0 bridgehead atoms. The van der Waals surface area contributed by atoms with Crippen LogP contribution in [0.4, 0.5) is 0 Å². The number of ether oxygens (including phenoxy) is 1. The van der Waals surface area contributed by atoms with Gasteiger partial charge in [0.25, 0.3) is 5.91 Å². The van der Waals surface area contributed by atoms with Crippen molar-refractivity contribution in [3.05, 3.63) is 29.3 Å². The molecule has 1 aromatic rings. The van der Waals surface area contributed by atoms with Crippen LogP contribution in [0.1, 0.15) is 61.4 Å². The molecule has 0 radical (unpaired) electrons. The van der Waals surface area contributed by atoms with Crippen molar-refractivity contribution in [3.8, 4) is 5.75 Å². The Bertz CT molecular complexity index is 492. The van der Waals surface area contributed by atoms with E-state index in [4.69, 9.17) is 4.74 Å². The highest BCUT2D eigenvalue weighted by Crippen LogP contribution is 2.40. The van der Waals surface area contributed by atoms with Crippen molar-refractivity contribution < 1.29 is 9.53 Å². The maximum absolute atomic E-state index is 12.4. The summed E-state index contributed by atoms with van der Waals surface area (Å²) >= 11 is 0. The third kappa shape index (κ3) is 2.22. The average Bonchev–Trinajstić information content (AvgIpc) is 2.99. The zero-order chi connectivity index (χ0) is 13.4. The van der Waals surface area contributed by atoms with E-state index in [1.807, 2.05) is 12.1 Å². The summed E-state index contributed by atoms with van der Waals surface area (Å²) in [5.41, 5.74) is 1.85. The Morgan fingerprint density at radius 2 is 2.00 bits per heavy atom. The zero-order valence-electron chi connectivity index (χ0n) is 11.6. The molecular formula is C16H21NO2. The molecule has 19 heavy (non-hydrogen) atoms. The quantitative estimate of drug-likeness (QED) is 0.885. The summed E-state index contributed by atoms with van der Waals surface area (Å²) in [6.07, 6.45) is 4.81. The minimum atomic E-state index is 0.0186. The van der Waals surface area contributed by atoms with Crippen LogP contribution in [0.2, 0.25) is 0 Å². The molecule has 1 aromatic carbocycles. The van der Waals surface area contributed by atoms with Gasteiger partial charge in [-0.1, -0.05) is 31.9 Å². The van der Waals surface area contributed by atoms with Gasteiger partial charge >= 0.3 is 0 Å².